The molecule has 0 N–H and O–H groups in total. The fourth-order valence-corrected chi connectivity index (χ4v) is 2.02. The molecule has 1 nitrogen and oxygen atoms in total. The van der Waals surface area contributed by atoms with Crippen LogP contribution in [0.4, 0.5) is 0 Å². The van der Waals surface area contributed by atoms with Crippen LogP contribution in [0.15, 0.2) is 29.6 Å². The summed E-state index contributed by atoms with van der Waals surface area (Å²) in [5.41, 5.74) is 0.922. The number of fused-ring (bicyclic) bond motifs is 1. The minimum absolute atomic E-state index is 0.616. The molecule has 13 heavy (non-hydrogen) atoms. The van der Waals surface area contributed by atoms with Gasteiger partial charge in [-0.05, 0) is 29.5 Å². The second-order valence-electron chi connectivity index (χ2n) is 2.53. The minimum Gasteiger partial charge on any atom is -0.289 e. The number of carbonyl (C=O) groups is 1. The molecule has 1 heterocycles. The Labute approximate surface area is 80.0 Å². The summed E-state index contributed by atoms with van der Waals surface area (Å²) in [6.45, 7) is 0. The van der Waals surface area contributed by atoms with Gasteiger partial charge in [-0.25, -0.2) is 0 Å². The van der Waals surface area contributed by atoms with Gasteiger partial charge in [0, 0.05) is 15.6 Å². The highest BCUT2D eigenvalue weighted by molar-refractivity contribution is 7.17. The average Bonchev–Trinajstić information content (AvgIpc) is 2.62. The molecule has 0 atom stereocenters. The Kier molecular flexibility index (Phi) is 2.11. The van der Waals surface area contributed by atoms with Gasteiger partial charge in [0.25, 0.3) is 0 Å². The first kappa shape index (κ1) is 8.03. The van der Waals surface area contributed by atoms with Crippen LogP contribution in [0.1, 0.15) is 5.56 Å². The van der Waals surface area contributed by atoms with Crippen LogP contribution in [0, 0.1) is 11.8 Å². The van der Waals surface area contributed by atoms with E-state index in [0.717, 1.165) is 10.9 Å². The van der Waals surface area contributed by atoms with Crippen molar-refractivity contribution in [3.63, 3.8) is 0 Å². The number of thiophene rings is 1. The molecule has 0 aliphatic rings. The van der Waals surface area contributed by atoms with Crippen molar-refractivity contribution in [1.29, 1.82) is 0 Å². The highest BCUT2D eigenvalue weighted by Gasteiger charge is 1.97. The first-order valence-corrected chi connectivity index (χ1v) is 4.71. The fourth-order valence-electron chi connectivity index (χ4n) is 1.21. The van der Waals surface area contributed by atoms with Gasteiger partial charge in [-0.3, -0.25) is 4.79 Å². The fraction of sp³-hybridized carbons (Fsp3) is 0. The molecule has 2 heteroatoms. The molecule has 1 aromatic heterocycles. The summed E-state index contributed by atoms with van der Waals surface area (Å²) in [5, 5.41) is 3.15. The van der Waals surface area contributed by atoms with Gasteiger partial charge in [-0.2, -0.15) is 0 Å². The number of hydrogen-bond donors (Lipinski definition) is 0. The molecule has 0 fully saturated rings. The summed E-state index contributed by atoms with van der Waals surface area (Å²) in [7, 11) is 0. The molecule has 62 valence electrons. The zero-order chi connectivity index (χ0) is 9.10. The number of hydrogen-bond acceptors (Lipinski definition) is 2. The van der Waals surface area contributed by atoms with Gasteiger partial charge in [0.1, 0.15) is 0 Å². The normalized spacial score (nSPS) is 9.23. The van der Waals surface area contributed by atoms with Crippen molar-refractivity contribution < 1.29 is 4.79 Å². The molecule has 0 amide bonds. The molecule has 2 rings (SSSR count). The third-order valence-corrected chi connectivity index (χ3v) is 2.64. The highest BCUT2D eigenvalue weighted by atomic mass is 32.1. The highest BCUT2D eigenvalue weighted by Crippen LogP contribution is 2.23. The predicted octanol–water partition coefficient (Wildman–Crippen LogP) is 2.45. The molecule has 2 aromatic rings. The van der Waals surface area contributed by atoms with Gasteiger partial charge in [-0.15, -0.1) is 11.3 Å². The van der Waals surface area contributed by atoms with Crippen LogP contribution in [0.25, 0.3) is 10.1 Å². The lowest BCUT2D eigenvalue weighted by Crippen LogP contribution is -1.74. The minimum atomic E-state index is 0.616. The van der Waals surface area contributed by atoms with E-state index < -0.39 is 0 Å². The van der Waals surface area contributed by atoms with Crippen LogP contribution < -0.4 is 0 Å². The average molecular weight is 186 g/mol. The van der Waals surface area contributed by atoms with E-state index in [9.17, 15) is 4.79 Å². The van der Waals surface area contributed by atoms with Crippen LogP contribution in [0.5, 0.6) is 0 Å². The molecule has 0 radical (unpaired) electrons. The SMILES string of the molecule is O=CC#Cc1cccc2sccc12. The first-order chi connectivity index (χ1) is 6.42. The number of aldehydes is 1. The molecule has 1 aromatic carbocycles. The summed E-state index contributed by atoms with van der Waals surface area (Å²) in [5.74, 6) is 5.23. The lowest BCUT2D eigenvalue weighted by Gasteiger charge is -1.91. The maximum atomic E-state index is 10.1. The zero-order valence-electron chi connectivity index (χ0n) is 6.78. The third kappa shape index (κ3) is 1.47. The van der Waals surface area contributed by atoms with Crippen LogP contribution in [0.2, 0.25) is 0 Å². The topological polar surface area (TPSA) is 17.1 Å². The smallest absolute Gasteiger partial charge is 0.193 e. The second-order valence-corrected chi connectivity index (χ2v) is 3.47. The van der Waals surface area contributed by atoms with Crippen LogP contribution in [-0.4, -0.2) is 6.29 Å². The number of benzene rings is 1. The van der Waals surface area contributed by atoms with E-state index in [2.05, 4.69) is 11.8 Å². The van der Waals surface area contributed by atoms with E-state index in [4.69, 9.17) is 0 Å². The molecule has 0 unspecified atom stereocenters. The lowest BCUT2D eigenvalue weighted by atomic mass is 10.1. The molecule has 0 bridgehead atoms. The molecular formula is C11H6OS. The number of rotatable bonds is 0. The Morgan fingerprint density at radius 2 is 2.23 bits per heavy atom. The van der Waals surface area contributed by atoms with E-state index in [-0.39, 0.29) is 0 Å². The second kappa shape index (κ2) is 3.42. The van der Waals surface area contributed by atoms with Gasteiger partial charge in [0.05, 0.1) is 0 Å². The van der Waals surface area contributed by atoms with Gasteiger partial charge in [-0.1, -0.05) is 12.0 Å². The Bertz CT molecular complexity index is 499. The third-order valence-electron chi connectivity index (χ3n) is 1.76. The summed E-state index contributed by atoms with van der Waals surface area (Å²) < 4.78 is 1.21. The standard InChI is InChI=1S/C11H6OS/c12-7-2-4-9-3-1-5-11-10(9)6-8-13-11/h1,3,5-8H. The van der Waals surface area contributed by atoms with Crippen molar-refractivity contribution in [2.45, 2.75) is 0 Å². The summed E-state index contributed by atoms with van der Waals surface area (Å²) >= 11 is 1.68. The molecule has 0 aliphatic heterocycles. The van der Waals surface area contributed by atoms with E-state index in [0.29, 0.717) is 6.29 Å². The van der Waals surface area contributed by atoms with E-state index >= 15 is 0 Å². The zero-order valence-corrected chi connectivity index (χ0v) is 7.60. The van der Waals surface area contributed by atoms with Crippen LogP contribution in [-0.2, 0) is 4.79 Å². The molecule has 0 spiro atoms. The summed E-state index contributed by atoms with van der Waals surface area (Å²) in [6, 6.07) is 7.94. The largest absolute Gasteiger partial charge is 0.289 e. The maximum absolute atomic E-state index is 10.1. The van der Waals surface area contributed by atoms with Crippen molar-refractivity contribution in [3.8, 4) is 11.8 Å². The van der Waals surface area contributed by atoms with E-state index in [1.54, 1.807) is 11.3 Å². The van der Waals surface area contributed by atoms with E-state index in [1.807, 2.05) is 29.6 Å². The molecule has 0 aliphatic carbocycles. The predicted molar refractivity (Wildman–Crippen MR) is 54.8 cm³/mol. The monoisotopic (exact) mass is 186 g/mol. The van der Waals surface area contributed by atoms with Crippen molar-refractivity contribution >= 4 is 27.7 Å². The van der Waals surface area contributed by atoms with Crippen LogP contribution >= 0.6 is 11.3 Å². The molecule has 0 saturated heterocycles. The molecular weight excluding hydrogens is 180 g/mol. The van der Waals surface area contributed by atoms with Crippen molar-refractivity contribution in [3.05, 3.63) is 35.2 Å². The van der Waals surface area contributed by atoms with Gasteiger partial charge >= 0.3 is 0 Å². The number of carbonyl (C=O) groups excluding carboxylic acids is 1. The Morgan fingerprint density at radius 3 is 3.08 bits per heavy atom. The lowest BCUT2D eigenvalue weighted by molar-refractivity contribution is -0.103. The van der Waals surface area contributed by atoms with Crippen LogP contribution in [0.3, 0.4) is 0 Å². The van der Waals surface area contributed by atoms with Crippen molar-refractivity contribution in [1.82, 2.24) is 0 Å². The molecule has 0 saturated carbocycles. The van der Waals surface area contributed by atoms with Crippen molar-refractivity contribution in [2.24, 2.45) is 0 Å². The maximum Gasteiger partial charge on any atom is 0.193 e. The Hall–Kier alpha value is -1.59. The Balaban J connectivity index is 2.67. The Morgan fingerprint density at radius 1 is 1.31 bits per heavy atom. The first-order valence-electron chi connectivity index (χ1n) is 3.83. The summed E-state index contributed by atoms with van der Waals surface area (Å²) in [4.78, 5) is 10.1. The van der Waals surface area contributed by atoms with Gasteiger partial charge in [0.15, 0.2) is 6.29 Å². The quantitative estimate of drug-likeness (QED) is 0.456. The van der Waals surface area contributed by atoms with Crippen molar-refractivity contribution in [2.75, 3.05) is 0 Å². The van der Waals surface area contributed by atoms with E-state index in [1.165, 1.54) is 4.70 Å². The van der Waals surface area contributed by atoms with Gasteiger partial charge < -0.3 is 0 Å². The van der Waals surface area contributed by atoms with Gasteiger partial charge in [0.2, 0.25) is 0 Å². The summed E-state index contributed by atoms with van der Waals surface area (Å²) in [6.07, 6.45) is 0.616.